The van der Waals surface area contributed by atoms with E-state index in [-0.39, 0.29) is 5.41 Å². The molecule has 0 aromatic rings. The molecule has 0 aliphatic heterocycles. The molecular formula is C19H26N4. The van der Waals surface area contributed by atoms with Crippen LogP contribution in [0.2, 0.25) is 0 Å². The Bertz CT molecular complexity index is 644. The lowest BCUT2D eigenvalue weighted by molar-refractivity contribution is 0.566. The van der Waals surface area contributed by atoms with Gasteiger partial charge in [-0.05, 0) is 12.0 Å². The van der Waals surface area contributed by atoms with Crippen LogP contribution < -0.4 is 17.2 Å². The number of nitrogens with two attached hydrogens (primary N) is 3. The van der Waals surface area contributed by atoms with Crippen LogP contribution in [0.5, 0.6) is 0 Å². The number of hydrogen-bond donors (Lipinski definition) is 3. The summed E-state index contributed by atoms with van der Waals surface area (Å²) in [6.07, 6.45) is 19.3. The monoisotopic (exact) mass is 310 g/mol. The van der Waals surface area contributed by atoms with E-state index in [1.165, 1.54) is 5.57 Å². The summed E-state index contributed by atoms with van der Waals surface area (Å²) in [5, 5.41) is 0. The predicted octanol–water partition coefficient (Wildman–Crippen LogP) is 2.13. The Morgan fingerprint density at radius 2 is 2.09 bits per heavy atom. The zero-order chi connectivity index (χ0) is 16.7. The molecule has 4 nitrogen and oxygen atoms in total. The summed E-state index contributed by atoms with van der Waals surface area (Å²) in [5.74, 6) is 0.529. The lowest BCUT2D eigenvalue weighted by Crippen LogP contribution is -2.24. The Balaban J connectivity index is 2.17. The highest BCUT2D eigenvalue weighted by molar-refractivity contribution is 6.00. The number of amidine groups is 1. The van der Waals surface area contributed by atoms with E-state index < -0.39 is 0 Å². The second-order valence-electron chi connectivity index (χ2n) is 6.11. The Morgan fingerprint density at radius 1 is 1.26 bits per heavy atom. The van der Waals surface area contributed by atoms with Crippen LogP contribution in [0.1, 0.15) is 13.3 Å². The minimum absolute atomic E-state index is 0.198. The molecule has 0 amide bonds. The van der Waals surface area contributed by atoms with Gasteiger partial charge in [-0.25, -0.2) is 0 Å². The van der Waals surface area contributed by atoms with Crippen LogP contribution in [0.15, 0.2) is 76.4 Å². The van der Waals surface area contributed by atoms with E-state index >= 15 is 0 Å². The maximum absolute atomic E-state index is 6.19. The molecule has 0 radical (unpaired) electrons. The van der Waals surface area contributed by atoms with Crippen LogP contribution in [-0.2, 0) is 0 Å². The van der Waals surface area contributed by atoms with Gasteiger partial charge in [0.05, 0.1) is 6.54 Å². The summed E-state index contributed by atoms with van der Waals surface area (Å²) in [6.45, 7) is 3.71. The van der Waals surface area contributed by atoms with Crippen molar-refractivity contribution in [2.75, 3.05) is 19.6 Å². The van der Waals surface area contributed by atoms with E-state index in [9.17, 15) is 0 Å². The van der Waals surface area contributed by atoms with Gasteiger partial charge in [-0.1, -0.05) is 67.2 Å². The van der Waals surface area contributed by atoms with Crippen LogP contribution in [0, 0.1) is 5.41 Å². The van der Waals surface area contributed by atoms with Gasteiger partial charge in [0, 0.05) is 24.1 Å². The standard InChI is InChI=1S/C19H26N4/c1-19(14-21)9-5-4-8-17(11-19)18(22)23-13-16-7-3-2-6-15(10-16)12-20/h2-5,7-11H,6,12-14,20-21H2,1H3,(H2,22,23). The molecule has 0 fully saturated rings. The van der Waals surface area contributed by atoms with Gasteiger partial charge in [-0.15, -0.1) is 0 Å². The van der Waals surface area contributed by atoms with Gasteiger partial charge < -0.3 is 17.2 Å². The van der Waals surface area contributed by atoms with Crippen LogP contribution in [0.4, 0.5) is 0 Å². The highest BCUT2D eigenvalue weighted by Crippen LogP contribution is 2.23. The van der Waals surface area contributed by atoms with E-state index in [4.69, 9.17) is 17.2 Å². The summed E-state index contributed by atoms with van der Waals surface area (Å²) >= 11 is 0. The number of nitrogens with zero attached hydrogens (tertiary/aromatic N) is 1. The number of rotatable bonds is 5. The maximum atomic E-state index is 6.19. The first kappa shape index (κ1) is 17.2. The zero-order valence-electron chi connectivity index (χ0n) is 13.7. The van der Waals surface area contributed by atoms with E-state index in [1.54, 1.807) is 0 Å². The van der Waals surface area contributed by atoms with E-state index in [1.807, 2.05) is 24.3 Å². The molecule has 0 aromatic heterocycles. The Morgan fingerprint density at radius 3 is 2.83 bits per heavy atom. The van der Waals surface area contributed by atoms with Crippen molar-refractivity contribution in [3.05, 3.63) is 71.4 Å². The third kappa shape index (κ3) is 4.91. The van der Waals surface area contributed by atoms with E-state index in [0.29, 0.717) is 25.5 Å². The molecule has 0 aromatic carbocycles. The Labute approximate surface area is 138 Å². The molecule has 0 bridgehead atoms. The molecule has 6 N–H and O–H groups in total. The number of allylic oxidation sites excluding steroid dienone is 5. The lowest BCUT2D eigenvalue weighted by Gasteiger charge is -2.19. The van der Waals surface area contributed by atoms with Crippen molar-refractivity contribution in [1.82, 2.24) is 0 Å². The Kier molecular flexibility index (Phi) is 5.90. The quantitative estimate of drug-likeness (QED) is 0.536. The summed E-state index contributed by atoms with van der Waals surface area (Å²) in [4.78, 5) is 4.54. The second-order valence-corrected chi connectivity index (χ2v) is 6.11. The molecule has 122 valence electrons. The van der Waals surface area contributed by atoms with Crippen molar-refractivity contribution in [2.45, 2.75) is 13.3 Å². The third-order valence-electron chi connectivity index (χ3n) is 3.99. The minimum atomic E-state index is -0.198. The molecule has 0 spiro atoms. The van der Waals surface area contributed by atoms with E-state index in [2.05, 4.69) is 42.3 Å². The van der Waals surface area contributed by atoms with Crippen molar-refractivity contribution < 1.29 is 0 Å². The lowest BCUT2D eigenvalue weighted by atomic mass is 9.88. The second kappa shape index (κ2) is 7.90. The van der Waals surface area contributed by atoms with E-state index in [0.717, 1.165) is 17.6 Å². The highest BCUT2D eigenvalue weighted by atomic mass is 14.8. The van der Waals surface area contributed by atoms with Crippen LogP contribution >= 0.6 is 0 Å². The predicted molar refractivity (Wildman–Crippen MR) is 99.0 cm³/mol. The molecule has 2 aliphatic carbocycles. The molecule has 1 atom stereocenters. The molecule has 1 unspecified atom stereocenters. The van der Waals surface area contributed by atoms with Gasteiger partial charge in [0.1, 0.15) is 5.84 Å². The largest absolute Gasteiger partial charge is 0.384 e. The molecule has 4 heteroatoms. The van der Waals surface area contributed by atoms with Crippen LogP contribution in [0.3, 0.4) is 0 Å². The summed E-state index contributed by atoms with van der Waals surface area (Å²) in [5.41, 5.74) is 20.8. The van der Waals surface area contributed by atoms with Gasteiger partial charge in [-0.2, -0.15) is 0 Å². The number of hydrogen-bond acceptors (Lipinski definition) is 3. The Hall–Kier alpha value is -2.17. The average molecular weight is 310 g/mol. The van der Waals surface area contributed by atoms with Crippen LogP contribution in [0.25, 0.3) is 0 Å². The van der Waals surface area contributed by atoms with Gasteiger partial charge in [0.15, 0.2) is 0 Å². The van der Waals surface area contributed by atoms with Gasteiger partial charge in [0.2, 0.25) is 0 Å². The SMILES string of the molecule is CC1(CN)C=CC=CC(C(N)=NCC2=CC=CCC(CN)=C2)=C1. The third-order valence-corrected chi connectivity index (χ3v) is 3.99. The van der Waals surface area contributed by atoms with Crippen molar-refractivity contribution >= 4 is 5.84 Å². The first-order valence-electron chi connectivity index (χ1n) is 7.90. The molecule has 23 heavy (non-hydrogen) atoms. The fourth-order valence-corrected chi connectivity index (χ4v) is 2.46. The maximum Gasteiger partial charge on any atom is 0.125 e. The smallest absolute Gasteiger partial charge is 0.125 e. The normalized spacial score (nSPS) is 24.7. The molecular weight excluding hydrogens is 284 g/mol. The van der Waals surface area contributed by atoms with Crippen molar-refractivity contribution in [3.8, 4) is 0 Å². The van der Waals surface area contributed by atoms with Crippen molar-refractivity contribution in [2.24, 2.45) is 27.6 Å². The average Bonchev–Trinajstić information content (AvgIpc) is 2.91. The molecule has 2 aliphatic rings. The topological polar surface area (TPSA) is 90.4 Å². The number of aliphatic imine (C=N–C) groups is 1. The molecule has 0 saturated carbocycles. The zero-order valence-corrected chi connectivity index (χ0v) is 13.7. The fourth-order valence-electron chi connectivity index (χ4n) is 2.46. The van der Waals surface area contributed by atoms with Crippen molar-refractivity contribution in [3.63, 3.8) is 0 Å². The van der Waals surface area contributed by atoms with Gasteiger partial charge in [0.25, 0.3) is 0 Å². The van der Waals surface area contributed by atoms with Gasteiger partial charge in [-0.3, -0.25) is 4.99 Å². The fraction of sp³-hybridized carbons (Fsp3) is 0.316. The van der Waals surface area contributed by atoms with Crippen LogP contribution in [-0.4, -0.2) is 25.5 Å². The van der Waals surface area contributed by atoms with Gasteiger partial charge >= 0.3 is 0 Å². The first-order chi connectivity index (χ1) is 11.1. The summed E-state index contributed by atoms with van der Waals surface area (Å²) in [7, 11) is 0. The van der Waals surface area contributed by atoms with Crippen molar-refractivity contribution in [1.29, 1.82) is 0 Å². The summed E-state index contributed by atoms with van der Waals surface area (Å²) in [6, 6.07) is 0. The highest BCUT2D eigenvalue weighted by Gasteiger charge is 2.18. The summed E-state index contributed by atoms with van der Waals surface area (Å²) < 4.78 is 0. The molecule has 0 heterocycles. The molecule has 2 rings (SSSR count). The first-order valence-corrected chi connectivity index (χ1v) is 7.90. The minimum Gasteiger partial charge on any atom is -0.384 e. The molecule has 0 saturated heterocycles.